The van der Waals surface area contributed by atoms with Gasteiger partial charge < -0.3 is 18.9 Å². The van der Waals surface area contributed by atoms with E-state index >= 15 is 0 Å². The molecule has 2 aromatic rings. The lowest BCUT2D eigenvalue weighted by atomic mass is 10.1. The fraction of sp³-hybridized carbons (Fsp3) is 0.235. The number of halogens is 1. The number of hydrogen-bond donors (Lipinski definition) is 0. The van der Waals surface area contributed by atoms with Crippen LogP contribution in [0.1, 0.15) is 21.5 Å². The molecule has 0 spiro atoms. The molecule has 0 bridgehead atoms. The first-order valence-electron chi connectivity index (χ1n) is 6.98. The van der Waals surface area contributed by atoms with Gasteiger partial charge in [0, 0.05) is 10.0 Å². The number of ether oxygens (including phenoxy) is 4. The normalized spacial score (nSPS) is 12.1. The number of aryl methyl sites for hydroxylation is 1. The van der Waals surface area contributed by atoms with Crippen molar-refractivity contribution >= 4 is 21.9 Å². The molecule has 23 heavy (non-hydrogen) atoms. The number of hydrogen-bond acceptors (Lipinski definition) is 5. The van der Waals surface area contributed by atoms with Crippen LogP contribution < -0.4 is 14.2 Å². The zero-order valence-electron chi connectivity index (χ0n) is 12.7. The summed E-state index contributed by atoms with van der Waals surface area (Å²) in [4.78, 5) is 12.3. The van der Waals surface area contributed by atoms with Gasteiger partial charge in [-0.15, -0.1) is 0 Å². The summed E-state index contributed by atoms with van der Waals surface area (Å²) < 4.78 is 22.0. The van der Waals surface area contributed by atoms with Gasteiger partial charge in [0.05, 0.1) is 7.11 Å². The second kappa shape index (κ2) is 6.50. The minimum Gasteiger partial charge on any atom is -0.496 e. The van der Waals surface area contributed by atoms with Crippen LogP contribution in [0.25, 0.3) is 0 Å². The number of benzene rings is 2. The number of carbonyl (C=O) groups excluding carboxylic acids is 1. The quantitative estimate of drug-likeness (QED) is 0.756. The summed E-state index contributed by atoms with van der Waals surface area (Å²) in [7, 11) is 1.52. The maximum absolute atomic E-state index is 12.3. The average molecular weight is 379 g/mol. The maximum Gasteiger partial charge on any atom is 0.342 e. The summed E-state index contributed by atoms with van der Waals surface area (Å²) in [5.41, 5.74) is 2.17. The lowest BCUT2D eigenvalue weighted by Gasteiger charge is -2.11. The van der Waals surface area contributed by atoms with E-state index in [1.165, 1.54) is 7.11 Å². The Balaban J connectivity index is 1.76. The zero-order chi connectivity index (χ0) is 16.4. The Morgan fingerprint density at radius 2 is 1.96 bits per heavy atom. The Bertz CT molecular complexity index is 757. The zero-order valence-corrected chi connectivity index (χ0v) is 14.3. The molecule has 0 N–H and O–H groups in total. The van der Waals surface area contributed by atoms with Crippen LogP contribution in [-0.2, 0) is 11.3 Å². The summed E-state index contributed by atoms with van der Waals surface area (Å²) in [6, 6.07) is 8.98. The Hall–Kier alpha value is -2.21. The molecule has 1 aliphatic rings. The molecule has 120 valence electrons. The van der Waals surface area contributed by atoms with E-state index in [9.17, 15) is 4.79 Å². The van der Waals surface area contributed by atoms with E-state index in [1.54, 1.807) is 24.3 Å². The fourth-order valence-electron chi connectivity index (χ4n) is 2.27. The third-order valence-electron chi connectivity index (χ3n) is 3.48. The van der Waals surface area contributed by atoms with Gasteiger partial charge in [-0.05, 0) is 31.2 Å². The topological polar surface area (TPSA) is 54.0 Å². The van der Waals surface area contributed by atoms with Gasteiger partial charge in [-0.25, -0.2) is 4.79 Å². The molecule has 1 aliphatic heterocycles. The molecule has 0 saturated heterocycles. The van der Waals surface area contributed by atoms with Gasteiger partial charge in [-0.2, -0.15) is 0 Å². The minimum atomic E-state index is -0.435. The van der Waals surface area contributed by atoms with Gasteiger partial charge in [0.15, 0.2) is 11.5 Å². The predicted molar refractivity (Wildman–Crippen MR) is 87.1 cm³/mol. The Morgan fingerprint density at radius 1 is 1.22 bits per heavy atom. The summed E-state index contributed by atoms with van der Waals surface area (Å²) >= 11 is 3.44. The van der Waals surface area contributed by atoms with Gasteiger partial charge in [-0.1, -0.05) is 27.6 Å². The molecule has 3 rings (SSSR count). The van der Waals surface area contributed by atoms with Crippen LogP contribution in [0, 0.1) is 6.92 Å². The molecule has 0 radical (unpaired) electrons. The Kier molecular flexibility index (Phi) is 4.43. The average Bonchev–Trinajstić information content (AvgIpc) is 2.99. The number of esters is 1. The third kappa shape index (κ3) is 3.27. The van der Waals surface area contributed by atoms with Crippen molar-refractivity contribution in [2.45, 2.75) is 13.5 Å². The monoisotopic (exact) mass is 378 g/mol. The predicted octanol–water partition coefficient (Wildman–Crippen LogP) is 3.85. The minimum absolute atomic E-state index is 0.118. The first-order chi connectivity index (χ1) is 11.1. The van der Waals surface area contributed by atoms with Crippen molar-refractivity contribution in [3.05, 3.63) is 51.5 Å². The van der Waals surface area contributed by atoms with E-state index in [0.29, 0.717) is 22.8 Å². The molecule has 6 heteroatoms. The highest BCUT2D eigenvalue weighted by Crippen LogP contribution is 2.37. The highest BCUT2D eigenvalue weighted by molar-refractivity contribution is 9.10. The van der Waals surface area contributed by atoms with Crippen LogP contribution in [0.5, 0.6) is 17.2 Å². The molecular weight excluding hydrogens is 364 g/mol. The lowest BCUT2D eigenvalue weighted by molar-refractivity contribution is 0.0468. The second-order valence-electron chi connectivity index (χ2n) is 5.08. The summed E-state index contributed by atoms with van der Waals surface area (Å²) in [5.74, 6) is 1.38. The van der Waals surface area contributed by atoms with E-state index in [1.807, 2.05) is 13.0 Å². The molecule has 0 atom stereocenters. The van der Waals surface area contributed by atoms with Crippen LogP contribution in [0.4, 0.5) is 0 Å². The Labute approximate surface area is 142 Å². The summed E-state index contributed by atoms with van der Waals surface area (Å²) in [5, 5.41) is 0. The van der Waals surface area contributed by atoms with Gasteiger partial charge >= 0.3 is 5.97 Å². The van der Waals surface area contributed by atoms with Crippen LogP contribution in [-0.4, -0.2) is 19.9 Å². The number of methoxy groups -OCH3 is 1. The second-order valence-corrected chi connectivity index (χ2v) is 5.93. The lowest BCUT2D eigenvalue weighted by Crippen LogP contribution is -2.08. The molecule has 2 aromatic carbocycles. The van der Waals surface area contributed by atoms with Crippen molar-refractivity contribution in [2.24, 2.45) is 0 Å². The molecule has 0 amide bonds. The molecular formula is C17H15BrO5. The maximum atomic E-state index is 12.3. The highest BCUT2D eigenvalue weighted by atomic mass is 79.9. The molecule has 0 unspecified atom stereocenters. The van der Waals surface area contributed by atoms with E-state index in [2.05, 4.69) is 15.9 Å². The third-order valence-corrected chi connectivity index (χ3v) is 4.21. The van der Waals surface area contributed by atoms with E-state index in [0.717, 1.165) is 15.6 Å². The van der Waals surface area contributed by atoms with Crippen LogP contribution in [0.3, 0.4) is 0 Å². The van der Waals surface area contributed by atoms with Gasteiger partial charge in [-0.3, -0.25) is 0 Å². The van der Waals surface area contributed by atoms with Crippen molar-refractivity contribution in [2.75, 3.05) is 13.9 Å². The van der Waals surface area contributed by atoms with Gasteiger partial charge in [0.1, 0.15) is 17.9 Å². The standard InChI is InChI=1S/C17H15BrO5/c1-10-3-4-14(20-2)12(5-10)17(19)21-8-11-6-15-16(7-13(11)18)23-9-22-15/h3-7H,8-9H2,1-2H3. The van der Waals surface area contributed by atoms with E-state index in [-0.39, 0.29) is 13.4 Å². The first-order valence-corrected chi connectivity index (χ1v) is 7.77. The summed E-state index contributed by atoms with van der Waals surface area (Å²) in [6.07, 6.45) is 0. The van der Waals surface area contributed by atoms with E-state index < -0.39 is 5.97 Å². The SMILES string of the molecule is COc1ccc(C)cc1C(=O)OCc1cc2c(cc1Br)OCO2. The van der Waals surface area contributed by atoms with Crippen LogP contribution in [0.2, 0.25) is 0 Å². The van der Waals surface area contributed by atoms with Crippen LogP contribution in [0.15, 0.2) is 34.8 Å². The van der Waals surface area contributed by atoms with Crippen LogP contribution >= 0.6 is 15.9 Å². The van der Waals surface area contributed by atoms with Crippen molar-refractivity contribution < 1.29 is 23.7 Å². The Morgan fingerprint density at radius 3 is 2.70 bits per heavy atom. The van der Waals surface area contributed by atoms with E-state index in [4.69, 9.17) is 18.9 Å². The molecule has 5 nitrogen and oxygen atoms in total. The number of carbonyl (C=O) groups is 1. The summed E-state index contributed by atoms with van der Waals surface area (Å²) in [6.45, 7) is 2.23. The molecule has 0 fully saturated rings. The molecule has 0 aliphatic carbocycles. The van der Waals surface area contributed by atoms with Gasteiger partial charge in [0.25, 0.3) is 0 Å². The van der Waals surface area contributed by atoms with Crippen molar-refractivity contribution in [3.8, 4) is 17.2 Å². The number of fused-ring (bicyclic) bond motifs is 1. The fourth-order valence-corrected chi connectivity index (χ4v) is 2.71. The highest BCUT2D eigenvalue weighted by Gasteiger charge is 2.18. The largest absolute Gasteiger partial charge is 0.496 e. The smallest absolute Gasteiger partial charge is 0.342 e. The first kappa shape index (κ1) is 15.7. The van der Waals surface area contributed by atoms with Gasteiger partial charge in [0.2, 0.25) is 6.79 Å². The molecule has 0 aromatic heterocycles. The molecule has 0 saturated carbocycles. The van der Waals surface area contributed by atoms with Crippen molar-refractivity contribution in [1.29, 1.82) is 0 Å². The van der Waals surface area contributed by atoms with Crippen molar-refractivity contribution in [1.82, 2.24) is 0 Å². The molecule has 1 heterocycles. The van der Waals surface area contributed by atoms with Crippen molar-refractivity contribution in [3.63, 3.8) is 0 Å². The number of rotatable bonds is 4.